The summed E-state index contributed by atoms with van der Waals surface area (Å²) in [6, 6.07) is 12.3. The molecular formula is C15H17N5. The fraction of sp³-hybridized carbons (Fsp3) is 0.200. The maximum atomic E-state index is 5.75. The quantitative estimate of drug-likeness (QED) is 0.762. The summed E-state index contributed by atoms with van der Waals surface area (Å²) in [6.45, 7) is 3.62. The van der Waals surface area contributed by atoms with Gasteiger partial charge in [0.1, 0.15) is 5.52 Å². The molecule has 0 fully saturated rings. The van der Waals surface area contributed by atoms with Crippen molar-refractivity contribution < 1.29 is 0 Å². The number of benzene rings is 1. The molecule has 2 aromatic heterocycles. The number of rotatable bonds is 4. The van der Waals surface area contributed by atoms with Crippen molar-refractivity contribution in [3.63, 3.8) is 0 Å². The van der Waals surface area contributed by atoms with Gasteiger partial charge in [-0.2, -0.15) is 4.98 Å². The molecule has 0 atom stereocenters. The van der Waals surface area contributed by atoms with Gasteiger partial charge < -0.3 is 15.6 Å². The molecule has 0 spiro atoms. The maximum absolute atomic E-state index is 5.75. The van der Waals surface area contributed by atoms with E-state index >= 15 is 0 Å². The lowest BCUT2D eigenvalue weighted by Gasteiger charge is -2.10. The maximum Gasteiger partial charge on any atom is 0.222 e. The molecule has 3 N–H and O–H groups in total. The van der Waals surface area contributed by atoms with Crippen molar-refractivity contribution in [1.29, 1.82) is 0 Å². The van der Waals surface area contributed by atoms with Crippen LogP contribution < -0.4 is 11.1 Å². The standard InChI is InChI=1S/C15H17N5/c1-2-17-14-13-12(18-15(16)19-14)8-9-20(13)10-11-6-4-3-5-7-11/h3-9H,2,10H2,1H3,(H3,16,17,18,19). The summed E-state index contributed by atoms with van der Waals surface area (Å²) < 4.78 is 2.14. The summed E-state index contributed by atoms with van der Waals surface area (Å²) in [6.07, 6.45) is 2.02. The van der Waals surface area contributed by atoms with Gasteiger partial charge in [0.05, 0.1) is 5.52 Å². The van der Waals surface area contributed by atoms with Gasteiger partial charge in [-0.1, -0.05) is 30.3 Å². The molecule has 0 saturated heterocycles. The van der Waals surface area contributed by atoms with Crippen LogP contribution >= 0.6 is 0 Å². The zero-order valence-corrected chi connectivity index (χ0v) is 11.4. The van der Waals surface area contributed by atoms with Gasteiger partial charge in [0.15, 0.2) is 5.82 Å². The third-order valence-corrected chi connectivity index (χ3v) is 3.17. The summed E-state index contributed by atoms with van der Waals surface area (Å²) in [7, 11) is 0. The van der Waals surface area contributed by atoms with E-state index in [1.54, 1.807) is 0 Å². The zero-order chi connectivity index (χ0) is 13.9. The van der Waals surface area contributed by atoms with Gasteiger partial charge in [0.2, 0.25) is 5.95 Å². The molecule has 0 amide bonds. The number of fused-ring (bicyclic) bond motifs is 1. The Bertz CT molecular complexity index is 718. The van der Waals surface area contributed by atoms with Crippen molar-refractivity contribution in [3.05, 3.63) is 48.2 Å². The fourth-order valence-electron chi connectivity index (χ4n) is 2.33. The first-order valence-electron chi connectivity index (χ1n) is 6.68. The van der Waals surface area contributed by atoms with Gasteiger partial charge in [-0.25, -0.2) is 4.98 Å². The molecule has 102 valence electrons. The number of nitrogen functional groups attached to an aromatic ring is 1. The van der Waals surface area contributed by atoms with E-state index in [0.29, 0.717) is 5.95 Å². The Morgan fingerprint density at radius 1 is 1.15 bits per heavy atom. The van der Waals surface area contributed by atoms with Crippen molar-refractivity contribution in [2.24, 2.45) is 0 Å². The highest BCUT2D eigenvalue weighted by atomic mass is 15.1. The van der Waals surface area contributed by atoms with E-state index < -0.39 is 0 Å². The van der Waals surface area contributed by atoms with E-state index in [1.165, 1.54) is 5.56 Å². The Labute approximate surface area is 117 Å². The van der Waals surface area contributed by atoms with E-state index in [0.717, 1.165) is 29.9 Å². The number of nitrogens with two attached hydrogens (primary N) is 1. The number of hydrogen-bond donors (Lipinski definition) is 2. The number of aromatic nitrogens is 3. The van der Waals surface area contributed by atoms with Gasteiger partial charge in [-0.05, 0) is 18.6 Å². The van der Waals surface area contributed by atoms with Crippen LogP contribution in [0.4, 0.5) is 11.8 Å². The average Bonchev–Trinajstić information content (AvgIpc) is 2.83. The third-order valence-electron chi connectivity index (χ3n) is 3.17. The first-order chi connectivity index (χ1) is 9.78. The molecule has 2 heterocycles. The molecule has 0 aliphatic rings. The molecule has 0 aliphatic carbocycles. The number of nitrogens with zero attached hydrogens (tertiary/aromatic N) is 3. The molecule has 0 bridgehead atoms. The summed E-state index contributed by atoms with van der Waals surface area (Å²) in [5.41, 5.74) is 8.84. The third kappa shape index (κ3) is 2.30. The van der Waals surface area contributed by atoms with Crippen molar-refractivity contribution >= 4 is 22.8 Å². The second-order valence-corrected chi connectivity index (χ2v) is 4.62. The predicted octanol–water partition coefficient (Wildman–Crippen LogP) is 2.49. The summed E-state index contributed by atoms with van der Waals surface area (Å²) >= 11 is 0. The second-order valence-electron chi connectivity index (χ2n) is 4.62. The average molecular weight is 267 g/mol. The van der Waals surface area contributed by atoms with Gasteiger partial charge >= 0.3 is 0 Å². The molecule has 0 saturated carbocycles. The van der Waals surface area contributed by atoms with Crippen LogP contribution in [0.25, 0.3) is 11.0 Å². The Morgan fingerprint density at radius 3 is 2.70 bits per heavy atom. The van der Waals surface area contributed by atoms with E-state index in [2.05, 4.69) is 32.0 Å². The number of anilines is 2. The van der Waals surface area contributed by atoms with E-state index in [4.69, 9.17) is 5.73 Å². The molecule has 1 aromatic carbocycles. The first kappa shape index (κ1) is 12.5. The minimum Gasteiger partial charge on any atom is -0.368 e. The zero-order valence-electron chi connectivity index (χ0n) is 11.4. The highest BCUT2D eigenvalue weighted by Crippen LogP contribution is 2.23. The summed E-state index contributed by atoms with van der Waals surface area (Å²) in [4.78, 5) is 8.59. The summed E-state index contributed by atoms with van der Waals surface area (Å²) in [5, 5.41) is 3.25. The molecule has 5 heteroatoms. The van der Waals surface area contributed by atoms with Crippen LogP contribution in [-0.4, -0.2) is 21.1 Å². The molecule has 0 aliphatic heterocycles. The van der Waals surface area contributed by atoms with Gasteiger partial charge in [0, 0.05) is 19.3 Å². The lowest BCUT2D eigenvalue weighted by atomic mass is 10.2. The molecular weight excluding hydrogens is 250 g/mol. The topological polar surface area (TPSA) is 68.8 Å². The monoisotopic (exact) mass is 267 g/mol. The van der Waals surface area contributed by atoms with Crippen molar-refractivity contribution in [1.82, 2.24) is 14.5 Å². The Hall–Kier alpha value is -2.56. The van der Waals surface area contributed by atoms with Crippen LogP contribution in [0.5, 0.6) is 0 Å². The minimum atomic E-state index is 0.297. The van der Waals surface area contributed by atoms with Crippen LogP contribution in [0, 0.1) is 0 Å². The van der Waals surface area contributed by atoms with E-state index in [-0.39, 0.29) is 0 Å². The molecule has 3 aromatic rings. The largest absolute Gasteiger partial charge is 0.368 e. The summed E-state index contributed by atoms with van der Waals surface area (Å²) in [5.74, 6) is 1.09. The van der Waals surface area contributed by atoms with Crippen LogP contribution in [-0.2, 0) is 6.54 Å². The van der Waals surface area contributed by atoms with Gasteiger partial charge in [0.25, 0.3) is 0 Å². The normalized spacial score (nSPS) is 10.8. The van der Waals surface area contributed by atoms with Crippen molar-refractivity contribution in [3.8, 4) is 0 Å². The van der Waals surface area contributed by atoms with Gasteiger partial charge in [-0.15, -0.1) is 0 Å². The van der Waals surface area contributed by atoms with Crippen LogP contribution in [0.3, 0.4) is 0 Å². The molecule has 0 radical (unpaired) electrons. The Morgan fingerprint density at radius 2 is 1.95 bits per heavy atom. The Balaban J connectivity index is 2.07. The first-order valence-corrected chi connectivity index (χ1v) is 6.68. The molecule has 0 unspecified atom stereocenters. The van der Waals surface area contributed by atoms with Crippen molar-refractivity contribution in [2.75, 3.05) is 17.6 Å². The SMILES string of the molecule is CCNc1nc(N)nc2ccn(Cc3ccccc3)c12. The van der Waals surface area contributed by atoms with Crippen LogP contribution in [0.15, 0.2) is 42.6 Å². The molecule has 20 heavy (non-hydrogen) atoms. The molecule has 3 rings (SSSR count). The minimum absolute atomic E-state index is 0.297. The Kier molecular flexibility index (Phi) is 3.25. The van der Waals surface area contributed by atoms with Crippen molar-refractivity contribution in [2.45, 2.75) is 13.5 Å². The van der Waals surface area contributed by atoms with Crippen LogP contribution in [0.2, 0.25) is 0 Å². The lowest BCUT2D eigenvalue weighted by Crippen LogP contribution is -2.07. The smallest absolute Gasteiger partial charge is 0.222 e. The predicted molar refractivity (Wildman–Crippen MR) is 81.6 cm³/mol. The molecule has 5 nitrogen and oxygen atoms in total. The van der Waals surface area contributed by atoms with E-state index in [9.17, 15) is 0 Å². The fourth-order valence-corrected chi connectivity index (χ4v) is 2.33. The van der Waals surface area contributed by atoms with Crippen LogP contribution in [0.1, 0.15) is 12.5 Å². The highest BCUT2D eigenvalue weighted by molar-refractivity contribution is 5.87. The van der Waals surface area contributed by atoms with Gasteiger partial charge in [-0.3, -0.25) is 0 Å². The second kappa shape index (κ2) is 5.21. The number of nitrogens with one attached hydrogen (secondary N) is 1. The highest BCUT2D eigenvalue weighted by Gasteiger charge is 2.10. The lowest BCUT2D eigenvalue weighted by molar-refractivity contribution is 0.834. The van der Waals surface area contributed by atoms with E-state index in [1.807, 2.05) is 37.4 Å². The number of hydrogen-bond acceptors (Lipinski definition) is 4.